The number of carbonyl (C=O) groups is 3. The fourth-order valence-electron chi connectivity index (χ4n) is 3.71. The third kappa shape index (κ3) is 2.90. The molecule has 0 unspecified atom stereocenters. The molecule has 7 nitrogen and oxygen atoms in total. The lowest BCUT2D eigenvalue weighted by atomic mass is 9.87. The average molecular weight is 390 g/mol. The van der Waals surface area contributed by atoms with Crippen molar-refractivity contribution in [3.63, 3.8) is 0 Å². The van der Waals surface area contributed by atoms with Gasteiger partial charge in [0.05, 0.1) is 21.1 Å². The third-order valence-electron chi connectivity index (χ3n) is 5.03. The van der Waals surface area contributed by atoms with Crippen molar-refractivity contribution in [2.24, 2.45) is 5.92 Å². The largest absolute Gasteiger partial charge is 0.352 e. The van der Waals surface area contributed by atoms with E-state index in [-0.39, 0.29) is 17.7 Å². The minimum absolute atomic E-state index is 0.0998. The first-order chi connectivity index (χ1) is 12.5. The van der Waals surface area contributed by atoms with E-state index in [0.29, 0.717) is 18.5 Å². The molecular formula is C17H18N4O3S2. The topological polar surface area (TPSA) is 100 Å². The quantitative estimate of drug-likeness (QED) is 0.697. The van der Waals surface area contributed by atoms with Gasteiger partial charge in [-0.3, -0.25) is 14.9 Å². The highest BCUT2D eigenvalue weighted by atomic mass is 32.1. The number of thiophene rings is 1. The Hall–Kier alpha value is -2.26. The van der Waals surface area contributed by atoms with Gasteiger partial charge in [-0.1, -0.05) is 6.42 Å². The maximum atomic E-state index is 12.5. The molecule has 2 aromatic rings. The molecule has 3 heterocycles. The summed E-state index contributed by atoms with van der Waals surface area (Å²) in [6.45, 7) is 2.30. The molecule has 1 aliphatic heterocycles. The van der Waals surface area contributed by atoms with E-state index in [9.17, 15) is 14.4 Å². The summed E-state index contributed by atoms with van der Waals surface area (Å²) in [6.07, 6.45) is 2.25. The molecule has 2 fully saturated rings. The van der Waals surface area contributed by atoms with E-state index < -0.39 is 11.6 Å². The Balaban J connectivity index is 1.42. The average Bonchev–Trinajstić information content (AvgIpc) is 3.35. The second-order valence-electron chi connectivity index (χ2n) is 6.63. The summed E-state index contributed by atoms with van der Waals surface area (Å²) in [4.78, 5) is 41.6. The fraction of sp³-hybridized carbons (Fsp3) is 0.412. The van der Waals surface area contributed by atoms with Crippen molar-refractivity contribution in [1.29, 1.82) is 0 Å². The molecule has 9 heteroatoms. The summed E-state index contributed by atoms with van der Waals surface area (Å²) < 4.78 is 0. The molecule has 2 aromatic heterocycles. The van der Waals surface area contributed by atoms with Crippen LogP contribution in [0.1, 0.15) is 34.6 Å². The van der Waals surface area contributed by atoms with Crippen LogP contribution in [0.2, 0.25) is 0 Å². The van der Waals surface area contributed by atoms with Crippen LogP contribution in [0, 0.1) is 12.8 Å². The smallest absolute Gasteiger partial charge is 0.322 e. The lowest BCUT2D eigenvalue weighted by Crippen LogP contribution is -2.53. The number of aromatic nitrogens is 1. The van der Waals surface area contributed by atoms with Gasteiger partial charge in [-0.25, -0.2) is 9.78 Å². The molecule has 1 aliphatic carbocycles. The molecular weight excluding hydrogens is 372 g/mol. The second kappa shape index (κ2) is 6.48. The number of imide groups is 1. The molecule has 2 atom stereocenters. The van der Waals surface area contributed by atoms with Gasteiger partial charge in [0.1, 0.15) is 5.54 Å². The van der Waals surface area contributed by atoms with Gasteiger partial charge < -0.3 is 10.6 Å². The molecule has 4 amide bonds. The Kier molecular flexibility index (Phi) is 4.28. The van der Waals surface area contributed by atoms with Crippen molar-refractivity contribution in [1.82, 2.24) is 20.9 Å². The molecule has 4 rings (SSSR count). The summed E-state index contributed by atoms with van der Waals surface area (Å²) in [5.41, 5.74) is 0.599. The Morgan fingerprint density at radius 1 is 1.38 bits per heavy atom. The van der Waals surface area contributed by atoms with Gasteiger partial charge in [0.2, 0.25) is 0 Å². The van der Waals surface area contributed by atoms with E-state index in [1.807, 2.05) is 23.8 Å². The second-order valence-corrected chi connectivity index (χ2v) is 8.60. The number of nitrogens with zero attached hydrogens (tertiary/aromatic N) is 1. The van der Waals surface area contributed by atoms with Gasteiger partial charge in [-0.15, -0.1) is 22.7 Å². The zero-order valence-electron chi connectivity index (χ0n) is 14.1. The highest BCUT2D eigenvalue weighted by Gasteiger charge is 2.54. The Morgan fingerprint density at radius 2 is 2.23 bits per heavy atom. The van der Waals surface area contributed by atoms with Gasteiger partial charge in [0, 0.05) is 23.2 Å². The van der Waals surface area contributed by atoms with Gasteiger partial charge in [-0.2, -0.15) is 0 Å². The van der Waals surface area contributed by atoms with Crippen molar-refractivity contribution >= 4 is 40.5 Å². The van der Waals surface area contributed by atoms with E-state index in [2.05, 4.69) is 20.9 Å². The maximum Gasteiger partial charge on any atom is 0.322 e. The van der Waals surface area contributed by atoms with E-state index in [1.165, 1.54) is 11.3 Å². The zero-order valence-corrected chi connectivity index (χ0v) is 15.8. The predicted molar refractivity (Wildman–Crippen MR) is 99.2 cm³/mol. The van der Waals surface area contributed by atoms with Crippen LogP contribution in [0.3, 0.4) is 0 Å². The Bertz CT molecular complexity index is 890. The van der Waals surface area contributed by atoms with Crippen LogP contribution in [-0.4, -0.2) is 34.9 Å². The minimum atomic E-state index is -0.873. The van der Waals surface area contributed by atoms with E-state index in [1.54, 1.807) is 11.3 Å². The van der Waals surface area contributed by atoms with Crippen LogP contribution in [-0.2, 0) is 4.79 Å². The van der Waals surface area contributed by atoms with Crippen LogP contribution in [0.5, 0.6) is 0 Å². The molecule has 136 valence electrons. The van der Waals surface area contributed by atoms with Crippen molar-refractivity contribution in [2.75, 3.05) is 6.54 Å². The van der Waals surface area contributed by atoms with Crippen molar-refractivity contribution in [3.05, 3.63) is 27.4 Å². The van der Waals surface area contributed by atoms with Gasteiger partial charge >= 0.3 is 6.03 Å². The van der Waals surface area contributed by atoms with Crippen LogP contribution < -0.4 is 16.0 Å². The van der Waals surface area contributed by atoms with Gasteiger partial charge in [0.15, 0.2) is 0 Å². The number of hydrogen-bond acceptors (Lipinski definition) is 6. The predicted octanol–water partition coefficient (Wildman–Crippen LogP) is 2.29. The highest BCUT2D eigenvalue weighted by Crippen LogP contribution is 2.37. The van der Waals surface area contributed by atoms with Crippen LogP contribution >= 0.6 is 22.7 Å². The normalized spacial score (nSPS) is 24.7. The molecule has 26 heavy (non-hydrogen) atoms. The molecule has 1 spiro atoms. The Morgan fingerprint density at radius 3 is 2.92 bits per heavy atom. The summed E-state index contributed by atoms with van der Waals surface area (Å²) in [6, 6.07) is 1.39. The number of urea groups is 1. The van der Waals surface area contributed by atoms with Crippen molar-refractivity contribution < 1.29 is 14.4 Å². The summed E-state index contributed by atoms with van der Waals surface area (Å²) >= 11 is 3.06. The third-order valence-corrected chi connectivity index (χ3v) is 6.76. The van der Waals surface area contributed by atoms with Crippen LogP contribution in [0.15, 0.2) is 16.8 Å². The van der Waals surface area contributed by atoms with Crippen LogP contribution in [0.4, 0.5) is 4.79 Å². The fourth-order valence-corrected chi connectivity index (χ4v) is 5.24. The molecule has 3 N–H and O–H groups in total. The highest BCUT2D eigenvalue weighted by molar-refractivity contribution is 7.14. The van der Waals surface area contributed by atoms with Crippen molar-refractivity contribution in [3.8, 4) is 10.6 Å². The summed E-state index contributed by atoms with van der Waals surface area (Å²) in [7, 11) is 0. The van der Waals surface area contributed by atoms with Crippen molar-refractivity contribution in [2.45, 2.75) is 31.7 Å². The molecule has 1 saturated heterocycles. The number of aryl methyl sites for hydroxylation is 1. The molecule has 0 radical (unpaired) electrons. The van der Waals surface area contributed by atoms with Crippen LogP contribution in [0.25, 0.3) is 10.6 Å². The maximum absolute atomic E-state index is 12.5. The molecule has 0 aromatic carbocycles. The molecule has 2 aliphatic rings. The number of rotatable bonds is 4. The number of amides is 4. The molecule has 1 saturated carbocycles. The first-order valence-corrected chi connectivity index (χ1v) is 10.2. The number of nitrogens with one attached hydrogen (secondary N) is 3. The van der Waals surface area contributed by atoms with Gasteiger partial charge in [-0.05, 0) is 25.8 Å². The lowest BCUT2D eigenvalue weighted by molar-refractivity contribution is -0.125. The summed E-state index contributed by atoms with van der Waals surface area (Å²) in [5, 5.41) is 12.8. The summed E-state index contributed by atoms with van der Waals surface area (Å²) in [5.74, 6) is -0.556. The monoisotopic (exact) mass is 390 g/mol. The number of carbonyl (C=O) groups excluding carboxylic acids is 3. The minimum Gasteiger partial charge on any atom is -0.352 e. The standard InChI is InChI=1S/C17H18N4O3S2/c1-9-19-12(8-25-9)13-5-10(7-26-13)14(22)18-6-11-3-2-4-17(11)15(23)20-16(24)21-17/h5,7-8,11H,2-4,6H2,1H3,(H,18,22)(H2,20,21,23,24)/t11-,17+/m1/s1. The number of thiazole rings is 1. The van der Waals surface area contributed by atoms with E-state index in [0.717, 1.165) is 28.4 Å². The lowest BCUT2D eigenvalue weighted by Gasteiger charge is -2.28. The van der Waals surface area contributed by atoms with E-state index >= 15 is 0 Å². The first-order valence-electron chi connectivity index (χ1n) is 8.41. The number of hydrogen-bond donors (Lipinski definition) is 3. The Labute approximate surface area is 158 Å². The SMILES string of the molecule is Cc1nc(-c2cc(C(=O)NC[C@H]3CCC[C@]34NC(=O)NC4=O)cs2)cs1. The zero-order chi connectivity index (χ0) is 18.3. The van der Waals surface area contributed by atoms with E-state index in [4.69, 9.17) is 0 Å². The first kappa shape index (κ1) is 17.2. The molecule has 0 bridgehead atoms. The van der Waals surface area contributed by atoms with Gasteiger partial charge in [0.25, 0.3) is 11.8 Å².